The molecule has 0 spiro atoms. The van der Waals surface area contributed by atoms with Crippen molar-refractivity contribution in [1.82, 2.24) is 0 Å². The van der Waals surface area contributed by atoms with E-state index in [1.165, 1.54) is 34.2 Å². The molecule has 0 N–H and O–H groups in total. The first-order valence-electron chi connectivity index (χ1n) is 15.5. The standard InChI is InChI=1S/C39H64/c1-34(2,3)28-23-22-26(24-29(28)35(4,5)6)20-19-21-27-32(38(13,14)15)30(36(7,8)9)25-31(37(10,11)12)33(27)39(16,17)18/h22-25H,19-21H2,1-18H3. The summed E-state index contributed by atoms with van der Waals surface area (Å²) in [7, 11) is 0. The summed E-state index contributed by atoms with van der Waals surface area (Å²) in [5.74, 6) is 0. The number of benzene rings is 2. The molecule has 0 aliphatic heterocycles. The Morgan fingerprint density at radius 1 is 0.385 bits per heavy atom. The Bertz CT molecular complexity index is 1090. The van der Waals surface area contributed by atoms with Gasteiger partial charge in [-0.1, -0.05) is 149 Å². The molecule has 0 saturated heterocycles. The van der Waals surface area contributed by atoms with Gasteiger partial charge in [-0.25, -0.2) is 0 Å². The third-order valence-electron chi connectivity index (χ3n) is 8.14. The summed E-state index contributed by atoms with van der Waals surface area (Å²) in [5.41, 5.74) is 13.0. The highest BCUT2D eigenvalue weighted by atomic mass is 14.4. The van der Waals surface area contributed by atoms with Crippen molar-refractivity contribution < 1.29 is 0 Å². The zero-order valence-electron chi connectivity index (χ0n) is 29.4. The molecule has 0 amide bonds. The van der Waals surface area contributed by atoms with Gasteiger partial charge in [0, 0.05) is 0 Å². The summed E-state index contributed by atoms with van der Waals surface area (Å²) in [4.78, 5) is 0. The molecule has 0 heteroatoms. The molecule has 0 atom stereocenters. The van der Waals surface area contributed by atoms with Crippen molar-refractivity contribution in [2.75, 3.05) is 0 Å². The van der Waals surface area contributed by atoms with Gasteiger partial charge in [0.2, 0.25) is 0 Å². The Hall–Kier alpha value is -1.56. The zero-order chi connectivity index (χ0) is 30.6. The normalized spacial score (nSPS) is 14.2. The Kier molecular flexibility index (Phi) is 9.22. The Labute approximate surface area is 244 Å². The van der Waals surface area contributed by atoms with E-state index in [0.717, 1.165) is 12.8 Å². The minimum atomic E-state index is 0.0854. The summed E-state index contributed by atoms with van der Waals surface area (Å²) >= 11 is 0. The Balaban J connectivity index is 2.73. The molecule has 0 saturated carbocycles. The minimum Gasteiger partial charge on any atom is -0.0587 e. The summed E-state index contributed by atoms with van der Waals surface area (Å²) in [6.45, 7) is 43.0. The second-order valence-corrected chi connectivity index (χ2v) is 18.4. The Morgan fingerprint density at radius 3 is 1.10 bits per heavy atom. The fraction of sp³-hybridized carbons (Fsp3) is 0.692. The molecular formula is C39H64. The van der Waals surface area contributed by atoms with E-state index < -0.39 is 0 Å². The molecule has 0 unspecified atom stereocenters. The van der Waals surface area contributed by atoms with E-state index in [1.807, 2.05) is 0 Å². The molecule has 2 rings (SSSR count). The highest BCUT2D eigenvalue weighted by Crippen LogP contribution is 2.46. The number of aryl methyl sites for hydroxylation is 1. The molecule has 0 aliphatic rings. The molecule has 0 aromatic heterocycles. The van der Waals surface area contributed by atoms with Gasteiger partial charge in [0.1, 0.15) is 0 Å². The topological polar surface area (TPSA) is 0 Å². The van der Waals surface area contributed by atoms with E-state index >= 15 is 0 Å². The lowest BCUT2D eigenvalue weighted by Crippen LogP contribution is -2.31. The van der Waals surface area contributed by atoms with E-state index in [-0.39, 0.29) is 32.5 Å². The van der Waals surface area contributed by atoms with E-state index in [0.29, 0.717) is 0 Å². The van der Waals surface area contributed by atoms with Crippen LogP contribution in [0, 0.1) is 0 Å². The van der Waals surface area contributed by atoms with Crippen LogP contribution in [0.5, 0.6) is 0 Å². The van der Waals surface area contributed by atoms with Gasteiger partial charge in [-0.3, -0.25) is 0 Å². The van der Waals surface area contributed by atoms with Gasteiger partial charge < -0.3 is 0 Å². The maximum atomic E-state index is 2.59. The molecule has 0 bridgehead atoms. The zero-order valence-corrected chi connectivity index (χ0v) is 29.4. The maximum absolute atomic E-state index is 2.59. The van der Waals surface area contributed by atoms with Gasteiger partial charge in [-0.15, -0.1) is 0 Å². The fourth-order valence-corrected chi connectivity index (χ4v) is 6.38. The predicted molar refractivity (Wildman–Crippen MR) is 177 cm³/mol. The monoisotopic (exact) mass is 533 g/mol. The van der Waals surface area contributed by atoms with E-state index in [9.17, 15) is 0 Å². The highest BCUT2D eigenvalue weighted by molar-refractivity contribution is 5.56. The summed E-state index contributed by atoms with van der Waals surface area (Å²) in [6, 6.07) is 9.92. The number of hydrogen-bond acceptors (Lipinski definition) is 0. The summed E-state index contributed by atoms with van der Waals surface area (Å²) in [6.07, 6.45) is 3.41. The minimum absolute atomic E-state index is 0.0854. The van der Waals surface area contributed by atoms with Crippen molar-refractivity contribution in [3.05, 3.63) is 68.8 Å². The summed E-state index contributed by atoms with van der Waals surface area (Å²) in [5, 5.41) is 0. The van der Waals surface area contributed by atoms with Crippen LogP contribution in [0.1, 0.15) is 176 Å². The van der Waals surface area contributed by atoms with Crippen molar-refractivity contribution in [2.45, 2.75) is 176 Å². The first-order valence-corrected chi connectivity index (χ1v) is 15.5. The average molecular weight is 533 g/mol. The van der Waals surface area contributed by atoms with Gasteiger partial charge in [-0.2, -0.15) is 0 Å². The lowest BCUT2D eigenvalue weighted by atomic mass is 9.64. The fourth-order valence-electron chi connectivity index (χ4n) is 6.38. The second-order valence-electron chi connectivity index (χ2n) is 18.4. The third kappa shape index (κ3) is 8.01. The quantitative estimate of drug-likeness (QED) is 0.367. The van der Waals surface area contributed by atoms with Crippen LogP contribution in [-0.4, -0.2) is 0 Å². The third-order valence-corrected chi connectivity index (χ3v) is 8.14. The predicted octanol–water partition coefficient (Wildman–Crippen LogP) is 11.6. The van der Waals surface area contributed by atoms with Crippen LogP contribution >= 0.6 is 0 Å². The van der Waals surface area contributed by atoms with Crippen LogP contribution in [0.4, 0.5) is 0 Å². The lowest BCUT2D eigenvalue weighted by Gasteiger charge is -2.40. The first kappa shape index (κ1) is 33.6. The maximum Gasteiger partial charge on any atom is -0.0126 e. The average Bonchev–Trinajstić information content (AvgIpc) is 2.68. The summed E-state index contributed by atoms with van der Waals surface area (Å²) < 4.78 is 0. The van der Waals surface area contributed by atoms with Gasteiger partial charge in [0.05, 0.1) is 0 Å². The van der Waals surface area contributed by atoms with Crippen molar-refractivity contribution in [2.24, 2.45) is 0 Å². The second kappa shape index (κ2) is 10.7. The van der Waals surface area contributed by atoms with Crippen LogP contribution < -0.4 is 0 Å². The van der Waals surface area contributed by atoms with Crippen molar-refractivity contribution in [3.63, 3.8) is 0 Å². The van der Waals surface area contributed by atoms with Crippen LogP contribution in [-0.2, 0) is 45.3 Å². The molecule has 0 radical (unpaired) electrons. The van der Waals surface area contributed by atoms with Crippen molar-refractivity contribution in [3.8, 4) is 0 Å². The van der Waals surface area contributed by atoms with E-state index in [4.69, 9.17) is 0 Å². The molecule has 2 aromatic rings. The molecule has 0 heterocycles. The molecule has 0 fully saturated rings. The molecule has 0 nitrogen and oxygen atoms in total. The first-order chi connectivity index (χ1) is 17.2. The largest absolute Gasteiger partial charge is 0.0587 e. The number of rotatable bonds is 4. The van der Waals surface area contributed by atoms with E-state index in [2.05, 4.69) is 149 Å². The Morgan fingerprint density at radius 2 is 0.769 bits per heavy atom. The van der Waals surface area contributed by atoms with Crippen LogP contribution in [0.2, 0.25) is 0 Å². The highest BCUT2D eigenvalue weighted by Gasteiger charge is 2.36. The van der Waals surface area contributed by atoms with Crippen LogP contribution in [0.15, 0.2) is 24.3 Å². The molecular weight excluding hydrogens is 468 g/mol. The lowest BCUT2D eigenvalue weighted by molar-refractivity contribution is 0.490. The van der Waals surface area contributed by atoms with Crippen LogP contribution in [0.3, 0.4) is 0 Å². The van der Waals surface area contributed by atoms with Gasteiger partial charge >= 0.3 is 0 Å². The molecule has 220 valence electrons. The van der Waals surface area contributed by atoms with Gasteiger partial charge in [0.25, 0.3) is 0 Å². The van der Waals surface area contributed by atoms with Gasteiger partial charge in [-0.05, 0) is 96.3 Å². The van der Waals surface area contributed by atoms with Crippen molar-refractivity contribution >= 4 is 0 Å². The molecule has 39 heavy (non-hydrogen) atoms. The molecule has 0 aliphatic carbocycles. The smallest absolute Gasteiger partial charge is 0.0126 e. The van der Waals surface area contributed by atoms with Gasteiger partial charge in [0.15, 0.2) is 0 Å². The van der Waals surface area contributed by atoms with Crippen LogP contribution in [0.25, 0.3) is 0 Å². The SMILES string of the molecule is CC(C)(C)c1ccc(CCCc2c(C(C)(C)C)c(C(C)(C)C)cc(C(C)(C)C)c2C(C)(C)C)cc1C(C)(C)C. The van der Waals surface area contributed by atoms with Crippen molar-refractivity contribution in [1.29, 1.82) is 0 Å². The molecule has 2 aromatic carbocycles. The number of hydrogen-bond donors (Lipinski definition) is 0. The van der Waals surface area contributed by atoms with E-state index in [1.54, 1.807) is 16.7 Å².